The van der Waals surface area contributed by atoms with Crippen LogP contribution in [0, 0.1) is 0 Å². The maximum Gasteiger partial charge on any atom is 0.253 e. The number of carbonyl (C=O) groups is 2. The van der Waals surface area contributed by atoms with E-state index < -0.39 is 6.04 Å². The lowest BCUT2D eigenvalue weighted by Crippen LogP contribution is -2.45. The van der Waals surface area contributed by atoms with E-state index in [2.05, 4.69) is 31.5 Å². The van der Waals surface area contributed by atoms with Crippen molar-refractivity contribution in [3.05, 3.63) is 28.5 Å². The molecule has 1 fully saturated rings. The van der Waals surface area contributed by atoms with Crippen molar-refractivity contribution in [2.45, 2.75) is 25.3 Å². The molecule has 0 unspecified atom stereocenters. The minimum absolute atomic E-state index is 0.108. The number of pyridine rings is 1. The number of amides is 2. The Hall–Kier alpha value is -1.43. The normalized spacial score (nSPS) is 19.8. The first kappa shape index (κ1) is 13.0. The smallest absolute Gasteiger partial charge is 0.253 e. The minimum Gasteiger partial charge on any atom is -0.354 e. The number of hydrogen-bond donors (Lipinski definition) is 2. The summed E-state index contributed by atoms with van der Waals surface area (Å²) in [5.41, 5.74) is 0.446. The second-order valence-electron chi connectivity index (χ2n) is 4.20. The van der Waals surface area contributed by atoms with Crippen LogP contribution in [0.5, 0.6) is 0 Å². The lowest BCUT2D eigenvalue weighted by Gasteiger charge is -2.15. The molecule has 2 rings (SSSR count). The monoisotopic (exact) mass is 311 g/mol. The molecule has 6 heteroatoms. The summed E-state index contributed by atoms with van der Waals surface area (Å²) in [6, 6.07) is 1.23. The largest absolute Gasteiger partial charge is 0.354 e. The molecule has 0 radical (unpaired) electrons. The fourth-order valence-corrected chi connectivity index (χ4v) is 2.22. The Morgan fingerprint density at radius 2 is 2.28 bits per heavy atom. The predicted molar refractivity (Wildman–Crippen MR) is 70.1 cm³/mol. The van der Waals surface area contributed by atoms with E-state index >= 15 is 0 Å². The van der Waals surface area contributed by atoms with Crippen molar-refractivity contribution < 1.29 is 9.59 Å². The summed E-state index contributed by atoms with van der Waals surface area (Å²) in [6.07, 6.45) is 5.65. The zero-order valence-electron chi connectivity index (χ0n) is 9.78. The maximum atomic E-state index is 12.0. The van der Waals surface area contributed by atoms with Gasteiger partial charge in [-0.25, -0.2) is 0 Å². The van der Waals surface area contributed by atoms with Gasteiger partial charge in [-0.3, -0.25) is 14.6 Å². The fraction of sp³-hybridized carbons (Fsp3) is 0.417. The highest BCUT2D eigenvalue weighted by molar-refractivity contribution is 9.10. The van der Waals surface area contributed by atoms with Gasteiger partial charge in [-0.1, -0.05) is 0 Å². The number of rotatable bonds is 2. The van der Waals surface area contributed by atoms with Crippen LogP contribution in [0.25, 0.3) is 0 Å². The number of carbonyl (C=O) groups excluding carboxylic acids is 2. The van der Waals surface area contributed by atoms with Crippen molar-refractivity contribution in [3.8, 4) is 0 Å². The maximum absolute atomic E-state index is 12.0. The van der Waals surface area contributed by atoms with E-state index in [4.69, 9.17) is 0 Å². The Labute approximate surface area is 113 Å². The summed E-state index contributed by atoms with van der Waals surface area (Å²) in [5, 5.41) is 5.52. The Morgan fingerprint density at radius 3 is 3.06 bits per heavy atom. The first-order valence-electron chi connectivity index (χ1n) is 5.86. The third-order valence-electron chi connectivity index (χ3n) is 2.81. The molecule has 0 aliphatic carbocycles. The van der Waals surface area contributed by atoms with E-state index in [1.165, 1.54) is 6.20 Å². The summed E-state index contributed by atoms with van der Waals surface area (Å²) in [5.74, 6) is -0.380. The summed E-state index contributed by atoms with van der Waals surface area (Å²) >= 11 is 3.26. The molecule has 1 aliphatic rings. The number of aromatic nitrogens is 1. The standard InChI is InChI=1S/C12H14BrN3O2/c13-9-5-8(6-14-7-9)11(17)16-10-3-1-2-4-15-12(10)18/h5-7,10H,1-4H2,(H,15,18)(H,16,17)/t10-/m1/s1. The molecule has 2 N–H and O–H groups in total. The van der Waals surface area contributed by atoms with Gasteiger partial charge in [0.1, 0.15) is 6.04 Å². The van der Waals surface area contributed by atoms with Crippen LogP contribution < -0.4 is 10.6 Å². The number of halogens is 1. The lowest BCUT2D eigenvalue weighted by molar-refractivity contribution is -0.122. The second kappa shape index (κ2) is 5.95. The van der Waals surface area contributed by atoms with Crippen molar-refractivity contribution in [2.24, 2.45) is 0 Å². The SMILES string of the molecule is O=C(N[C@@H]1CCCCNC1=O)c1cncc(Br)c1. The molecular formula is C12H14BrN3O2. The zero-order valence-corrected chi connectivity index (χ0v) is 11.4. The molecule has 1 aromatic heterocycles. The number of nitrogens with one attached hydrogen (secondary N) is 2. The molecule has 1 aliphatic heterocycles. The molecule has 1 saturated heterocycles. The van der Waals surface area contributed by atoms with Crippen LogP contribution in [0.2, 0.25) is 0 Å². The zero-order chi connectivity index (χ0) is 13.0. The van der Waals surface area contributed by atoms with Gasteiger partial charge in [-0.15, -0.1) is 0 Å². The quantitative estimate of drug-likeness (QED) is 0.863. The van der Waals surface area contributed by atoms with E-state index in [0.29, 0.717) is 18.5 Å². The molecule has 5 nitrogen and oxygen atoms in total. The van der Waals surface area contributed by atoms with Crippen LogP contribution >= 0.6 is 15.9 Å². The third kappa shape index (κ3) is 3.29. The molecule has 2 heterocycles. The molecule has 0 spiro atoms. The molecule has 0 bridgehead atoms. The highest BCUT2D eigenvalue weighted by Gasteiger charge is 2.22. The average molecular weight is 312 g/mol. The van der Waals surface area contributed by atoms with Gasteiger partial charge in [0.05, 0.1) is 5.56 Å². The van der Waals surface area contributed by atoms with Gasteiger partial charge in [0.25, 0.3) is 5.91 Å². The third-order valence-corrected chi connectivity index (χ3v) is 3.24. The van der Waals surface area contributed by atoms with Crippen LogP contribution in [0.1, 0.15) is 29.6 Å². The summed E-state index contributed by atoms with van der Waals surface area (Å²) in [7, 11) is 0. The van der Waals surface area contributed by atoms with Crippen LogP contribution in [0.15, 0.2) is 22.9 Å². The van der Waals surface area contributed by atoms with Crippen molar-refractivity contribution in [2.75, 3.05) is 6.54 Å². The molecule has 96 valence electrons. The summed E-state index contributed by atoms with van der Waals surface area (Å²) in [6.45, 7) is 0.684. The molecule has 1 atom stereocenters. The van der Waals surface area contributed by atoms with E-state index in [1.807, 2.05) is 0 Å². The van der Waals surface area contributed by atoms with Crippen molar-refractivity contribution >= 4 is 27.7 Å². The van der Waals surface area contributed by atoms with Gasteiger partial charge in [0.2, 0.25) is 5.91 Å². The first-order valence-corrected chi connectivity index (χ1v) is 6.65. The number of hydrogen-bond acceptors (Lipinski definition) is 3. The predicted octanol–water partition coefficient (Wildman–Crippen LogP) is 1.24. The molecule has 1 aromatic rings. The topological polar surface area (TPSA) is 71.1 Å². The van der Waals surface area contributed by atoms with E-state index in [9.17, 15) is 9.59 Å². The molecule has 0 aromatic carbocycles. The molecular weight excluding hydrogens is 298 g/mol. The van der Waals surface area contributed by atoms with Crippen molar-refractivity contribution in [1.82, 2.24) is 15.6 Å². The number of nitrogens with zero attached hydrogens (tertiary/aromatic N) is 1. The molecule has 2 amide bonds. The highest BCUT2D eigenvalue weighted by Crippen LogP contribution is 2.11. The van der Waals surface area contributed by atoms with Crippen LogP contribution in [-0.4, -0.2) is 29.4 Å². The minimum atomic E-state index is -0.445. The second-order valence-corrected chi connectivity index (χ2v) is 5.12. The van der Waals surface area contributed by atoms with E-state index in [1.54, 1.807) is 12.3 Å². The Kier molecular flexibility index (Phi) is 4.30. The first-order chi connectivity index (χ1) is 8.66. The summed E-state index contributed by atoms with van der Waals surface area (Å²) < 4.78 is 0.737. The van der Waals surface area contributed by atoms with E-state index in [0.717, 1.165) is 17.3 Å². The molecule has 0 saturated carbocycles. The van der Waals surface area contributed by atoms with Crippen molar-refractivity contribution in [3.63, 3.8) is 0 Å². The van der Waals surface area contributed by atoms with Gasteiger partial charge < -0.3 is 10.6 Å². The lowest BCUT2D eigenvalue weighted by atomic mass is 10.1. The Bertz CT molecular complexity index is 464. The van der Waals surface area contributed by atoms with Crippen LogP contribution in [0.3, 0.4) is 0 Å². The Morgan fingerprint density at radius 1 is 1.44 bits per heavy atom. The van der Waals surface area contributed by atoms with E-state index in [-0.39, 0.29) is 11.8 Å². The molecule has 18 heavy (non-hydrogen) atoms. The van der Waals surface area contributed by atoms with Crippen LogP contribution in [-0.2, 0) is 4.79 Å². The van der Waals surface area contributed by atoms with Gasteiger partial charge in [-0.2, -0.15) is 0 Å². The van der Waals surface area contributed by atoms with Crippen LogP contribution in [0.4, 0.5) is 0 Å². The fourth-order valence-electron chi connectivity index (χ4n) is 1.85. The van der Waals surface area contributed by atoms with Gasteiger partial charge >= 0.3 is 0 Å². The average Bonchev–Trinajstić information content (AvgIpc) is 2.55. The van der Waals surface area contributed by atoms with Crippen molar-refractivity contribution in [1.29, 1.82) is 0 Å². The Balaban J connectivity index is 2.04. The van der Waals surface area contributed by atoms with Gasteiger partial charge in [0.15, 0.2) is 0 Å². The summed E-state index contributed by atoms with van der Waals surface area (Å²) in [4.78, 5) is 27.6. The van der Waals surface area contributed by atoms with Gasteiger partial charge in [-0.05, 0) is 41.3 Å². The highest BCUT2D eigenvalue weighted by atomic mass is 79.9. The van der Waals surface area contributed by atoms with Gasteiger partial charge in [0, 0.05) is 23.4 Å².